The molecular weight excluding hydrogens is 473 g/mol. The number of carbonyl (C=O) groups excluding carboxylic acids is 1. The van der Waals surface area contributed by atoms with Crippen molar-refractivity contribution in [1.82, 2.24) is 14.8 Å². The summed E-state index contributed by atoms with van der Waals surface area (Å²) in [6, 6.07) is 2.62. The SMILES string of the molecule is CC(C)C(=O)c1ccc(CN(CC(=O)O)[C@H]2CCCCC2N(CC(=O)O)CC(=O)O)nc1.[Mn+2]. The van der Waals surface area contributed by atoms with Gasteiger partial charge in [0.15, 0.2) is 5.78 Å². The topological polar surface area (TPSA) is 148 Å². The molecule has 1 aliphatic carbocycles. The summed E-state index contributed by atoms with van der Waals surface area (Å²) < 4.78 is 0. The van der Waals surface area contributed by atoms with Gasteiger partial charge < -0.3 is 15.3 Å². The van der Waals surface area contributed by atoms with Crippen LogP contribution in [0.1, 0.15) is 55.6 Å². The fourth-order valence-electron chi connectivity index (χ4n) is 4.25. The van der Waals surface area contributed by atoms with Gasteiger partial charge in [-0.05, 0) is 25.0 Å². The van der Waals surface area contributed by atoms with E-state index < -0.39 is 37.0 Å². The number of hydrogen-bond acceptors (Lipinski definition) is 7. The molecule has 0 spiro atoms. The van der Waals surface area contributed by atoms with Crippen molar-refractivity contribution in [2.75, 3.05) is 19.6 Å². The normalized spacial score (nSPS) is 18.2. The van der Waals surface area contributed by atoms with E-state index in [1.54, 1.807) is 30.9 Å². The summed E-state index contributed by atoms with van der Waals surface area (Å²) in [5.74, 6) is -3.50. The van der Waals surface area contributed by atoms with Gasteiger partial charge in [0.2, 0.25) is 0 Å². The molecule has 1 saturated carbocycles. The zero-order valence-electron chi connectivity index (χ0n) is 18.8. The molecule has 1 aromatic heterocycles. The van der Waals surface area contributed by atoms with E-state index in [4.69, 9.17) is 0 Å². The second-order valence-electron chi connectivity index (χ2n) is 8.47. The molecule has 33 heavy (non-hydrogen) atoms. The maximum absolute atomic E-state index is 12.1. The van der Waals surface area contributed by atoms with Crippen LogP contribution in [0.5, 0.6) is 0 Å². The Bertz CT molecular complexity index is 816. The number of carboxylic acids is 3. The molecule has 1 aliphatic rings. The van der Waals surface area contributed by atoms with Crippen LogP contribution in [-0.4, -0.2) is 85.5 Å². The first-order valence-electron chi connectivity index (χ1n) is 10.7. The second-order valence-corrected chi connectivity index (χ2v) is 8.47. The predicted molar refractivity (Wildman–Crippen MR) is 114 cm³/mol. The Labute approximate surface area is 203 Å². The fourth-order valence-corrected chi connectivity index (χ4v) is 4.25. The molecule has 0 bridgehead atoms. The van der Waals surface area contributed by atoms with Crippen molar-refractivity contribution in [2.45, 2.75) is 58.2 Å². The Balaban J connectivity index is 0.00000544. The number of carbonyl (C=O) groups is 4. The number of hydrogen-bond donors (Lipinski definition) is 3. The zero-order valence-corrected chi connectivity index (χ0v) is 20.0. The van der Waals surface area contributed by atoms with Gasteiger partial charge in [-0.25, -0.2) is 0 Å². The van der Waals surface area contributed by atoms with Crippen molar-refractivity contribution >= 4 is 23.7 Å². The van der Waals surface area contributed by atoms with Crippen LogP contribution in [0, 0.1) is 5.92 Å². The largest absolute Gasteiger partial charge is 2.00 e. The molecule has 2 atom stereocenters. The van der Waals surface area contributed by atoms with Gasteiger partial charge in [0, 0.05) is 36.3 Å². The van der Waals surface area contributed by atoms with Gasteiger partial charge in [-0.2, -0.15) is 0 Å². The number of nitrogens with zero attached hydrogens (tertiary/aromatic N) is 3. The minimum absolute atomic E-state index is 0. The standard InChI is InChI=1S/C22H31N3O7.Mn/c1-14(2)22(32)15-7-8-16(23-9-15)10-24(11-19(26)27)17-5-3-4-6-18(17)25(12-20(28)29)13-21(30)31;/h7-9,14,17-18H,3-6,10-13H2,1-2H3,(H,26,27)(H,28,29)(H,30,31);/q;+2/t17-,18?;/m0./s1. The van der Waals surface area contributed by atoms with Crippen LogP contribution >= 0.6 is 0 Å². The van der Waals surface area contributed by atoms with Crippen molar-refractivity contribution in [3.05, 3.63) is 29.6 Å². The number of aromatic nitrogens is 1. The first kappa shape index (κ1) is 28.7. The molecule has 1 aromatic rings. The molecule has 10 nitrogen and oxygen atoms in total. The molecule has 0 amide bonds. The Kier molecular flexibility index (Phi) is 11.6. The summed E-state index contributed by atoms with van der Waals surface area (Å²) in [5, 5.41) is 28.0. The monoisotopic (exact) mass is 504 g/mol. The first-order chi connectivity index (χ1) is 15.1. The van der Waals surface area contributed by atoms with E-state index in [1.165, 1.54) is 11.1 Å². The van der Waals surface area contributed by atoms with Crippen molar-refractivity contribution in [3.63, 3.8) is 0 Å². The van der Waals surface area contributed by atoms with Gasteiger partial charge in [0.05, 0.1) is 25.3 Å². The van der Waals surface area contributed by atoms with E-state index in [1.807, 2.05) is 0 Å². The molecule has 1 heterocycles. The van der Waals surface area contributed by atoms with Gasteiger partial charge in [-0.15, -0.1) is 0 Å². The minimum Gasteiger partial charge on any atom is -0.480 e. The molecule has 0 aromatic carbocycles. The summed E-state index contributed by atoms with van der Waals surface area (Å²) in [6.07, 6.45) is 4.33. The van der Waals surface area contributed by atoms with E-state index in [-0.39, 0.29) is 47.9 Å². The third kappa shape index (κ3) is 8.85. The Morgan fingerprint density at radius 2 is 1.39 bits per heavy atom. The molecule has 11 heteroatoms. The quantitative estimate of drug-likeness (QED) is 0.283. The average Bonchev–Trinajstić information content (AvgIpc) is 2.71. The number of pyridine rings is 1. The van der Waals surface area contributed by atoms with Gasteiger partial charge in [0.1, 0.15) is 0 Å². The van der Waals surface area contributed by atoms with Crippen molar-refractivity contribution in [1.29, 1.82) is 0 Å². The van der Waals surface area contributed by atoms with E-state index in [0.29, 0.717) is 24.1 Å². The van der Waals surface area contributed by atoms with Gasteiger partial charge in [0.25, 0.3) is 0 Å². The van der Waals surface area contributed by atoms with E-state index in [0.717, 1.165) is 12.8 Å². The predicted octanol–water partition coefficient (Wildman–Crippen LogP) is 1.59. The van der Waals surface area contributed by atoms with E-state index >= 15 is 0 Å². The van der Waals surface area contributed by atoms with Crippen molar-refractivity contribution in [3.8, 4) is 0 Å². The average molecular weight is 504 g/mol. The number of ketones is 1. The third-order valence-electron chi connectivity index (χ3n) is 5.65. The molecule has 3 N–H and O–H groups in total. The smallest absolute Gasteiger partial charge is 0.480 e. The van der Waals surface area contributed by atoms with Crippen LogP contribution in [-0.2, 0) is 38.0 Å². The number of Topliss-reactive ketones (excluding diaryl/α,β-unsaturated/α-hetero) is 1. The number of carboxylic acid groups (broad SMARTS) is 3. The molecule has 1 radical (unpaired) electrons. The molecule has 0 saturated heterocycles. The van der Waals surface area contributed by atoms with Crippen LogP contribution in [0.25, 0.3) is 0 Å². The third-order valence-corrected chi connectivity index (χ3v) is 5.65. The van der Waals surface area contributed by atoms with Crippen molar-refractivity contribution < 1.29 is 51.6 Å². The zero-order chi connectivity index (χ0) is 23.8. The van der Waals surface area contributed by atoms with Gasteiger partial charge in [-0.1, -0.05) is 26.7 Å². The van der Waals surface area contributed by atoms with Crippen LogP contribution < -0.4 is 0 Å². The molecular formula is C22H31MnN3O7+2. The Hall–Kier alpha value is -2.33. The summed E-state index contributed by atoms with van der Waals surface area (Å²) in [5.41, 5.74) is 1.07. The molecule has 1 unspecified atom stereocenters. The fraction of sp³-hybridized carbons (Fsp3) is 0.591. The second kappa shape index (κ2) is 13.4. The van der Waals surface area contributed by atoms with Crippen LogP contribution in [0.3, 0.4) is 0 Å². The molecule has 2 rings (SSSR count). The molecule has 1 fully saturated rings. The Morgan fingerprint density at radius 3 is 1.82 bits per heavy atom. The summed E-state index contributed by atoms with van der Waals surface area (Å²) in [4.78, 5) is 53.8. The summed E-state index contributed by atoms with van der Waals surface area (Å²) in [6.45, 7) is 2.64. The van der Waals surface area contributed by atoms with Crippen molar-refractivity contribution in [2.24, 2.45) is 5.92 Å². The van der Waals surface area contributed by atoms with E-state index in [9.17, 15) is 34.5 Å². The van der Waals surface area contributed by atoms with E-state index in [2.05, 4.69) is 4.98 Å². The van der Waals surface area contributed by atoms with Crippen LogP contribution in [0.2, 0.25) is 0 Å². The van der Waals surface area contributed by atoms with Crippen LogP contribution in [0.15, 0.2) is 18.3 Å². The summed E-state index contributed by atoms with van der Waals surface area (Å²) >= 11 is 0. The molecule has 0 aliphatic heterocycles. The van der Waals surface area contributed by atoms with Gasteiger partial charge in [-0.3, -0.25) is 34.0 Å². The molecule has 181 valence electrons. The number of aliphatic carboxylic acids is 3. The Morgan fingerprint density at radius 1 is 0.909 bits per heavy atom. The maximum atomic E-state index is 12.1. The first-order valence-corrected chi connectivity index (χ1v) is 10.7. The van der Waals surface area contributed by atoms with Crippen LogP contribution in [0.4, 0.5) is 0 Å². The number of rotatable bonds is 12. The maximum Gasteiger partial charge on any atom is 2.00 e. The van der Waals surface area contributed by atoms with Gasteiger partial charge >= 0.3 is 35.0 Å². The summed E-state index contributed by atoms with van der Waals surface area (Å²) in [7, 11) is 0. The minimum atomic E-state index is -1.13.